The van der Waals surface area contributed by atoms with Gasteiger partial charge in [-0.25, -0.2) is 0 Å². The Morgan fingerprint density at radius 2 is 1.71 bits per heavy atom. The average molecular weight is 213 g/mol. The van der Waals surface area contributed by atoms with E-state index in [4.69, 9.17) is 5.11 Å². The SMILES string of the molecule is CN(CC(F)(F)F)CC(C)(C)C(=O)O. The van der Waals surface area contributed by atoms with Crippen LogP contribution in [0.5, 0.6) is 0 Å². The van der Waals surface area contributed by atoms with Crippen molar-refractivity contribution in [3.05, 3.63) is 0 Å². The van der Waals surface area contributed by atoms with Crippen molar-refractivity contribution in [2.45, 2.75) is 20.0 Å². The van der Waals surface area contributed by atoms with Crippen molar-refractivity contribution in [2.24, 2.45) is 5.41 Å². The maximum Gasteiger partial charge on any atom is 0.401 e. The second kappa shape index (κ2) is 4.16. The van der Waals surface area contributed by atoms with Crippen LogP contribution in [-0.2, 0) is 4.79 Å². The molecule has 0 atom stereocenters. The first-order chi connectivity index (χ1) is 6.04. The van der Waals surface area contributed by atoms with Crippen LogP contribution >= 0.6 is 0 Å². The third kappa shape index (κ3) is 5.06. The van der Waals surface area contributed by atoms with E-state index in [1.165, 1.54) is 20.9 Å². The van der Waals surface area contributed by atoms with E-state index in [0.717, 1.165) is 4.90 Å². The molecule has 14 heavy (non-hydrogen) atoms. The Balaban J connectivity index is 4.19. The molecule has 6 heteroatoms. The molecule has 0 aliphatic carbocycles. The summed E-state index contributed by atoms with van der Waals surface area (Å²) in [7, 11) is 1.25. The molecule has 0 radical (unpaired) electrons. The molecule has 0 aliphatic rings. The van der Waals surface area contributed by atoms with Crippen LogP contribution in [0.4, 0.5) is 13.2 Å². The summed E-state index contributed by atoms with van der Waals surface area (Å²) in [5.74, 6) is -1.11. The van der Waals surface area contributed by atoms with Gasteiger partial charge in [-0.2, -0.15) is 13.2 Å². The van der Waals surface area contributed by atoms with Crippen LogP contribution in [0.2, 0.25) is 0 Å². The van der Waals surface area contributed by atoms with Gasteiger partial charge in [-0.15, -0.1) is 0 Å². The smallest absolute Gasteiger partial charge is 0.401 e. The second-order valence-electron chi connectivity index (χ2n) is 3.98. The summed E-state index contributed by atoms with van der Waals surface area (Å²) in [6.45, 7) is 1.55. The molecule has 0 spiro atoms. The highest BCUT2D eigenvalue weighted by Crippen LogP contribution is 2.20. The zero-order valence-corrected chi connectivity index (χ0v) is 8.35. The number of hydrogen-bond donors (Lipinski definition) is 1. The van der Waals surface area contributed by atoms with Gasteiger partial charge in [0, 0.05) is 6.54 Å². The zero-order valence-electron chi connectivity index (χ0n) is 8.35. The van der Waals surface area contributed by atoms with Crippen molar-refractivity contribution >= 4 is 5.97 Å². The molecule has 0 aromatic rings. The van der Waals surface area contributed by atoms with Gasteiger partial charge >= 0.3 is 12.1 Å². The van der Waals surface area contributed by atoms with E-state index >= 15 is 0 Å². The average Bonchev–Trinajstić information content (AvgIpc) is 1.79. The zero-order chi connectivity index (χ0) is 11.6. The van der Waals surface area contributed by atoms with E-state index in [1.54, 1.807) is 0 Å². The first-order valence-electron chi connectivity index (χ1n) is 4.03. The van der Waals surface area contributed by atoms with Crippen molar-refractivity contribution in [3.63, 3.8) is 0 Å². The van der Waals surface area contributed by atoms with E-state index in [1.807, 2.05) is 0 Å². The molecule has 0 fully saturated rings. The highest BCUT2D eigenvalue weighted by molar-refractivity contribution is 5.73. The van der Waals surface area contributed by atoms with Gasteiger partial charge in [0.1, 0.15) is 0 Å². The van der Waals surface area contributed by atoms with Crippen molar-refractivity contribution in [1.29, 1.82) is 0 Å². The number of rotatable bonds is 4. The Bertz CT molecular complexity index is 213. The predicted octanol–water partition coefficient (Wildman–Crippen LogP) is 1.59. The molecular weight excluding hydrogens is 199 g/mol. The molecule has 0 unspecified atom stereocenters. The third-order valence-electron chi connectivity index (χ3n) is 1.69. The standard InChI is InChI=1S/C8H14F3NO2/c1-7(2,6(13)14)4-12(3)5-8(9,10)11/h4-5H2,1-3H3,(H,13,14). The molecule has 3 nitrogen and oxygen atoms in total. The van der Waals surface area contributed by atoms with Gasteiger partial charge in [-0.3, -0.25) is 9.69 Å². The molecule has 0 saturated carbocycles. The first-order valence-corrected chi connectivity index (χ1v) is 4.03. The lowest BCUT2D eigenvalue weighted by molar-refractivity contribution is -0.156. The van der Waals surface area contributed by atoms with Gasteiger partial charge in [-0.1, -0.05) is 0 Å². The van der Waals surface area contributed by atoms with Crippen molar-refractivity contribution < 1.29 is 23.1 Å². The molecular formula is C8H14F3NO2. The quantitative estimate of drug-likeness (QED) is 0.771. The second-order valence-corrected chi connectivity index (χ2v) is 3.98. The van der Waals surface area contributed by atoms with Crippen LogP contribution < -0.4 is 0 Å². The van der Waals surface area contributed by atoms with Gasteiger partial charge in [0.15, 0.2) is 0 Å². The minimum absolute atomic E-state index is 0.137. The van der Waals surface area contributed by atoms with E-state index in [2.05, 4.69) is 0 Å². The summed E-state index contributed by atoms with van der Waals surface area (Å²) in [5.41, 5.74) is -1.17. The fraction of sp³-hybridized carbons (Fsp3) is 0.875. The molecule has 0 bridgehead atoms. The van der Waals surface area contributed by atoms with Gasteiger partial charge in [0.25, 0.3) is 0 Å². The number of nitrogens with zero attached hydrogens (tertiary/aromatic N) is 1. The molecule has 0 aliphatic heterocycles. The Morgan fingerprint density at radius 1 is 1.29 bits per heavy atom. The predicted molar refractivity (Wildman–Crippen MR) is 45.0 cm³/mol. The molecule has 84 valence electrons. The van der Waals surface area contributed by atoms with Crippen LogP contribution in [-0.4, -0.2) is 42.3 Å². The van der Waals surface area contributed by atoms with Crippen LogP contribution in [0.25, 0.3) is 0 Å². The van der Waals surface area contributed by atoms with Gasteiger partial charge in [0.2, 0.25) is 0 Å². The van der Waals surface area contributed by atoms with E-state index in [0.29, 0.717) is 0 Å². The van der Waals surface area contributed by atoms with Crippen molar-refractivity contribution in [3.8, 4) is 0 Å². The minimum Gasteiger partial charge on any atom is -0.481 e. The summed E-state index contributed by atoms with van der Waals surface area (Å²) >= 11 is 0. The first kappa shape index (κ1) is 13.2. The monoisotopic (exact) mass is 213 g/mol. The van der Waals surface area contributed by atoms with Crippen LogP contribution in [0.15, 0.2) is 0 Å². The maximum atomic E-state index is 11.9. The number of halogens is 3. The summed E-state index contributed by atoms with van der Waals surface area (Å²) in [6, 6.07) is 0. The normalized spacial score (nSPS) is 13.4. The van der Waals surface area contributed by atoms with Crippen molar-refractivity contribution in [2.75, 3.05) is 20.1 Å². The summed E-state index contributed by atoms with van der Waals surface area (Å²) in [6.07, 6.45) is -4.29. The van der Waals surface area contributed by atoms with E-state index < -0.39 is 24.1 Å². The highest BCUT2D eigenvalue weighted by Gasteiger charge is 2.34. The summed E-state index contributed by atoms with van der Waals surface area (Å²) in [5, 5.41) is 8.68. The largest absolute Gasteiger partial charge is 0.481 e. The lowest BCUT2D eigenvalue weighted by Crippen LogP contribution is -2.41. The summed E-state index contributed by atoms with van der Waals surface area (Å²) in [4.78, 5) is 11.6. The van der Waals surface area contributed by atoms with E-state index in [-0.39, 0.29) is 6.54 Å². The van der Waals surface area contributed by atoms with Crippen LogP contribution in [0, 0.1) is 5.41 Å². The molecule has 0 saturated heterocycles. The Morgan fingerprint density at radius 3 is 2.00 bits per heavy atom. The van der Waals surface area contributed by atoms with Gasteiger partial charge in [-0.05, 0) is 20.9 Å². The molecule has 0 rings (SSSR count). The number of aliphatic carboxylic acids is 1. The fourth-order valence-corrected chi connectivity index (χ4v) is 1.10. The summed E-state index contributed by atoms with van der Waals surface area (Å²) < 4.78 is 35.7. The number of carboxylic acid groups (broad SMARTS) is 1. The fourth-order valence-electron chi connectivity index (χ4n) is 1.10. The number of hydrogen-bond acceptors (Lipinski definition) is 2. The third-order valence-corrected chi connectivity index (χ3v) is 1.69. The van der Waals surface area contributed by atoms with Gasteiger partial charge in [0.05, 0.1) is 12.0 Å². The molecule has 0 aromatic heterocycles. The number of alkyl halides is 3. The Labute approximate surface area is 80.5 Å². The minimum atomic E-state index is -4.29. The van der Waals surface area contributed by atoms with Crippen LogP contribution in [0.1, 0.15) is 13.8 Å². The molecule has 0 amide bonds. The molecule has 0 heterocycles. The van der Waals surface area contributed by atoms with Crippen LogP contribution in [0.3, 0.4) is 0 Å². The number of carboxylic acids is 1. The highest BCUT2D eigenvalue weighted by atomic mass is 19.4. The lowest BCUT2D eigenvalue weighted by atomic mass is 9.93. The van der Waals surface area contributed by atoms with E-state index in [9.17, 15) is 18.0 Å². The van der Waals surface area contributed by atoms with Crippen molar-refractivity contribution in [1.82, 2.24) is 4.90 Å². The Hall–Kier alpha value is -0.780. The Kier molecular flexibility index (Phi) is 3.93. The number of carbonyl (C=O) groups is 1. The maximum absolute atomic E-state index is 11.9. The van der Waals surface area contributed by atoms with Gasteiger partial charge < -0.3 is 5.11 Å². The molecule has 0 aromatic carbocycles. The topological polar surface area (TPSA) is 40.5 Å². The molecule has 1 N–H and O–H groups in total. The lowest BCUT2D eigenvalue weighted by Gasteiger charge is -2.26.